The molecule has 1 heterocycles. The zero-order chi connectivity index (χ0) is 17.2. The van der Waals surface area contributed by atoms with Gasteiger partial charge in [-0.05, 0) is 11.5 Å². The molecule has 1 aromatic carbocycles. The van der Waals surface area contributed by atoms with Gasteiger partial charge >= 0.3 is 0 Å². The molecule has 0 aliphatic carbocycles. The van der Waals surface area contributed by atoms with Crippen LogP contribution in [0, 0.1) is 0 Å². The van der Waals surface area contributed by atoms with Crippen molar-refractivity contribution >= 4 is 41.3 Å². The highest BCUT2D eigenvalue weighted by Crippen LogP contribution is 2.17. The van der Waals surface area contributed by atoms with Crippen LogP contribution in [0.4, 0.5) is 0 Å². The lowest BCUT2D eigenvalue weighted by Gasteiger charge is -2.11. The molecule has 0 spiro atoms. The van der Waals surface area contributed by atoms with Gasteiger partial charge in [0.2, 0.25) is 0 Å². The van der Waals surface area contributed by atoms with E-state index in [1.165, 1.54) is 5.56 Å². The second kappa shape index (κ2) is 12.2. The number of guanidine groups is 1. The van der Waals surface area contributed by atoms with Crippen molar-refractivity contribution in [3.63, 3.8) is 0 Å². The molecule has 0 amide bonds. The largest absolute Gasteiger partial charge is 0.375 e. The predicted octanol–water partition coefficient (Wildman–Crippen LogP) is 3.77. The van der Waals surface area contributed by atoms with Gasteiger partial charge in [-0.2, -0.15) is 0 Å². The first-order valence-electron chi connectivity index (χ1n) is 8.19. The summed E-state index contributed by atoms with van der Waals surface area (Å²) in [7, 11) is 1.77. The van der Waals surface area contributed by atoms with Gasteiger partial charge in [0.05, 0.1) is 25.5 Å². The van der Waals surface area contributed by atoms with Gasteiger partial charge < -0.3 is 15.4 Å². The Labute approximate surface area is 171 Å². The molecule has 25 heavy (non-hydrogen) atoms. The minimum absolute atomic E-state index is 0. The molecule has 138 valence electrons. The van der Waals surface area contributed by atoms with Gasteiger partial charge in [0.1, 0.15) is 5.01 Å². The average molecular weight is 474 g/mol. The molecule has 0 bridgehead atoms. The molecule has 0 radical (unpaired) electrons. The molecule has 0 aliphatic rings. The number of thiazole rings is 1. The number of ether oxygens (including phenoxy) is 1. The van der Waals surface area contributed by atoms with Gasteiger partial charge in [0.15, 0.2) is 5.96 Å². The Kier molecular flexibility index (Phi) is 10.7. The van der Waals surface area contributed by atoms with Crippen LogP contribution >= 0.6 is 35.3 Å². The number of aliphatic imine (C=N–C) groups is 1. The van der Waals surface area contributed by atoms with Gasteiger partial charge in [-0.15, -0.1) is 35.3 Å². The number of halogens is 1. The Morgan fingerprint density at radius 3 is 2.64 bits per heavy atom. The lowest BCUT2D eigenvalue weighted by Crippen LogP contribution is -2.38. The quantitative estimate of drug-likeness (QED) is 0.265. The molecule has 2 N–H and O–H groups in total. The Morgan fingerprint density at radius 1 is 1.24 bits per heavy atom. The fourth-order valence-corrected chi connectivity index (χ4v) is 2.95. The standard InChI is InChI=1S/C18H26N4OS.HI/c1-14(2)16-13-24-17(22-16)11-21-18(19-3)20-9-10-23-12-15-7-5-4-6-8-15;/h4-8,13-14H,9-12H2,1-3H3,(H2,19,20,21);1H. The van der Waals surface area contributed by atoms with E-state index >= 15 is 0 Å². The van der Waals surface area contributed by atoms with Crippen molar-refractivity contribution in [2.24, 2.45) is 4.99 Å². The zero-order valence-corrected chi connectivity index (χ0v) is 18.1. The third-order valence-electron chi connectivity index (χ3n) is 3.44. The molecule has 7 heteroatoms. The highest BCUT2D eigenvalue weighted by Gasteiger charge is 2.06. The summed E-state index contributed by atoms with van der Waals surface area (Å²) in [6.45, 7) is 6.96. The number of hydrogen-bond donors (Lipinski definition) is 2. The van der Waals surface area contributed by atoms with Gasteiger partial charge in [-0.3, -0.25) is 4.99 Å². The van der Waals surface area contributed by atoms with E-state index in [-0.39, 0.29) is 24.0 Å². The van der Waals surface area contributed by atoms with Crippen LogP contribution in [0.1, 0.15) is 36.0 Å². The molecule has 0 aliphatic heterocycles. The Balaban J connectivity index is 0.00000312. The lowest BCUT2D eigenvalue weighted by molar-refractivity contribution is 0.125. The molecule has 0 saturated heterocycles. The van der Waals surface area contributed by atoms with Crippen LogP contribution in [0.15, 0.2) is 40.7 Å². The van der Waals surface area contributed by atoms with Crippen LogP contribution in [-0.4, -0.2) is 31.1 Å². The first kappa shape index (κ1) is 21.9. The summed E-state index contributed by atoms with van der Waals surface area (Å²) in [6, 6.07) is 10.2. The molecule has 0 fully saturated rings. The maximum absolute atomic E-state index is 5.65. The van der Waals surface area contributed by atoms with Gasteiger partial charge in [-0.25, -0.2) is 4.98 Å². The summed E-state index contributed by atoms with van der Waals surface area (Å²) in [5, 5.41) is 9.72. The van der Waals surface area contributed by atoms with Gasteiger partial charge in [0, 0.05) is 19.0 Å². The monoisotopic (exact) mass is 474 g/mol. The molecule has 1 aromatic heterocycles. The third kappa shape index (κ3) is 8.15. The number of hydrogen-bond acceptors (Lipinski definition) is 4. The zero-order valence-electron chi connectivity index (χ0n) is 15.0. The third-order valence-corrected chi connectivity index (χ3v) is 4.31. The molecule has 0 atom stereocenters. The SMILES string of the molecule is CN=C(NCCOCc1ccccc1)NCc1nc(C(C)C)cs1.I. The summed E-state index contributed by atoms with van der Waals surface area (Å²) in [5.74, 6) is 1.23. The molecule has 2 rings (SSSR count). The van der Waals surface area contributed by atoms with Crippen LogP contribution < -0.4 is 10.6 Å². The van der Waals surface area contributed by atoms with E-state index in [1.54, 1.807) is 18.4 Å². The van der Waals surface area contributed by atoms with Crippen molar-refractivity contribution in [3.8, 4) is 0 Å². The second-order valence-electron chi connectivity index (χ2n) is 5.71. The van der Waals surface area contributed by atoms with Crippen molar-refractivity contribution in [2.75, 3.05) is 20.2 Å². The number of rotatable bonds is 8. The molecule has 0 unspecified atom stereocenters. The Hall–Kier alpha value is -1.19. The average Bonchev–Trinajstić information content (AvgIpc) is 3.07. The van der Waals surface area contributed by atoms with Crippen molar-refractivity contribution in [2.45, 2.75) is 32.9 Å². The van der Waals surface area contributed by atoms with Crippen LogP contribution in [0.2, 0.25) is 0 Å². The maximum atomic E-state index is 5.65. The Morgan fingerprint density at radius 2 is 2.00 bits per heavy atom. The number of nitrogens with zero attached hydrogens (tertiary/aromatic N) is 2. The van der Waals surface area contributed by atoms with Crippen molar-refractivity contribution in [1.82, 2.24) is 15.6 Å². The molecule has 5 nitrogen and oxygen atoms in total. The van der Waals surface area contributed by atoms with E-state index in [0.717, 1.165) is 16.7 Å². The van der Waals surface area contributed by atoms with Crippen LogP contribution in [0.25, 0.3) is 0 Å². The van der Waals surface area contributed by atoms with E-state index in [1.807, 2.05) is 18.2 Å². The molecular weight excluding hydrogens is 447 g/mol. The highest BCUT2D eigenvalue weighted by atomic mass is 127. The van der Waals surface area contributed by atoms with Crippen molar-refractivity contribution < 1.29 is 4.74 Å². The van der Waals surface area contributed by atoms with Crippen LogP contribution in [0.3, 0.4) is 0 Å². The van der Waals surface area contributed by atoms with Crippen LogP contribution in [0.5, 0.6) is 0 Å². The number of aromatic nitrogens is 1. The summed E-state index contributed by atoms with van der Waals surface area (Å²) in [6.07, 6.45) is 0. The fourth-order valence-electron chi connectivity index (χ4n) is 2.06. The minimum Gasteiger partial charge on any atom is -0.375 e. The van der Waals surface area contributed by atoms with Crippen molar-refractivity contribution in [3.05, 3.63) is 52.0 Å². The topological polar surface area (TPSA) is 58.5 Å². The summed E-state index contributed by atoms with van der Waals surface area (Å²) < 4.78 is 5.65. The van der Waals surface area contributed by atoms with Gasteiger partial charge in [0.25, 0.3) is 0 Å². The second-order valence-corrected chi connectivity index (χ2v) is 6.65. The van der Waals surface area contributed by atoms with E-state index in [2.05, 4.69) is 52.0 Å². The van der Waals surface area contributed by atoms with E-state index in [4.69, 9.17) is 4.74 Å². The van der Waals surface area contributed by atoms with E-state index in [9.17, 15) is 0 Å². The number of nitrogens with one attached hydrogen (secondary N) is 2. The summed E-state index contributed by atoms with van der Waals surface area (Å²) in [5.41, 5.74) is 2.33. The normalized spacial score (nSPS) is 11.3. The first-order chi connectivity index (χ1) is 11.7. The van der Waals surface area contributed by atoms with E-state index in [0.29, 0.717) is 32.2 Å². The fraction of sp³-hybridized carbons (Fsp3) is 0.444. The summed E-state index contributed by atoms with van der Waals surface area (Å²) >= 11 is 1.68. The van der Waals surface area contributed by atoms with Crippen molar-refractivity contribution in [1.29, 1.82) is 0 Å². The first-order valence-corrected chi connectivity index (χ1v) is 9.07. The number of benzene rings is 1. The van der Waals surface area contributed by atoms with Crippen LogP contribution in [-0.2, 0) is 17.9 Å². The highest BCUT2D eigenvalue weighted by molar-refractivity contribution is 14.0. The smallest absolute Gasteiger partial charge is 0.191 e. The molecular formula is C18H27IN4OS. The maximum Gasteiger partial charge on any atom is 0.191 e. The lowest BCUT2D eigenvalue weighted by atomic mass is 10.2. The Bertz CT molecular complexity index is 631. The summed E-state index contributed by atoms with van der Waals surface area (Å²) in [4.78, 5) is 8.82. The van der Waals surface area contributed by atoms with E-state index < -0.39 is 0 Å². The van der Waals surface area contributed by atoms with Gasteiger partial charge in [-0.1, -0.05) is 44.2 Å². The molecule has 0 saturated carbocycles. The predicted molar refractivity (Wildman–Crippen MR) is 116 cm³/mol. The molecule has 2 aromatic rings. The minimum atomic E-state index is 0.